The van der Waals surface area contributed by atoms with Crippen molar-refractivity contribution in [1.82, 2.24) is 27.9 Å². The van der Waals surface area contributed by atoms with E-state index in [0.717, 1.165) is 67.1 Å². The summed E-state index contributed by atoms with van der Waals surface area (Å²) in [6, 6.07) is 47.4. The van der Waals surface area contributed by atoms with Crippen molar-refractivity contribution in [1.29, 1.82) is 0 Å². The molecule has 6 nitrogen and oxygen atoms in total. The van der Waals surface area contributed by atoms with Crippen LogP contribution in [0.25, 0.3) is 78.2 Å². The van der Waals surface area contributed by atoms with Crippen LogP contribution in [-0.2, 0) is 0 Å². The molecule has 0 aliphatic carbocycles. The van der Waals surface area contributed by atoms with Crippen LogP contribution in [0.4, 0.5) is 0 Å². The molecule has 0 aliphatic heterocycles. The maximum Gasteiger partial charge on any atom is 0.220 e. The fraction of sp³-hybridized carbons (Fsp3) is 0.0500. The molecule has 0 bridgehead atoms. The van der Waals surface area contributed by atoms with E-state index in [1.54, 1.807) is 0 Å². The summed E-state index contributed by atoms with van der Waals surface area (Å²) in [5.41, 5.74) is 15.7. The lowest BCUT2D eigenvalue weighted by molar-refractivity contribution is 1.10. The van der Waals surface area contributed by atoms with Gasteiger partial charge < -0.3 is 0 Å². The zero-order chi connectivity index (χ0) is 30.5. The lowest BCUT2D eigenvalue weighted by atomic mass is 9.95. The van der Waals surface area contributed by atoms with Crippen LogP contribution in [0.15, 0.2) is 133 Å². The molecule has 0 saturated carbocycles. The number of imidazole rings is 4. The fourth-order valence-corrected chi connectivity index (χ4v) is 7.29. The van der Waals surface area contributed by atoms with Gasteiger partial charge in [-0.3, -0.25) is 17.9 Å². The molecule has 0 unspecified atom stereocenters. The summed E-state index contributed by atoms with van der Waals surface area (Å²) >= 11 is 0. The molecule has 0 atom stereocenters. The largest absolute Gasteiger partial charge is 0.278 e. The van der Waals surface area contributed by atoms with E-state index in [-0.39, 0.29) is 0 Å². The Kier molecular flexibility index (Phi) is 5.04. The minimum Gasteiger partial charge on any atom is -0.278 e. The predicted molar refractivity (Wildman–Crippen MR) is 188 cm³/mol. The van der Waals surface area contributed by atoms with Gasteiger partial charge in [0.25, 0.3) is 0 Å². The Labute approximate surface area is 264 Å². The van der Waals surface area contributed by atoms with Crippen molar-refractivity contribution >= 4 is 55.7 Å². The van der Waals surface area contributed by atoms with E-state index in [1.807, 2.05) is 0 Å². The molecule has 4 aromatic heterocycles. The van der Waals surface area contributed by atoms with Gasteiger partial charge in [-0.15, -0.1) is 0 Å². The quantitative estimate of drug-likeness (QED) is 0.205. The molecule has 10 rings (SSSR count). The molecular weight excluding hydrogens is 564 g/mol. The zero-order valence-electron chi connectivity index (χ0n) is 25.4. The van der Waals surface area contributed by atoms with Crippen molar-refractivity contribution in [3.8, 4) is 22.5 Å². The fourth-order valence-electron chi connectivity index (χ4n) is 7.29. The molecule has 6 aromatic carbocycles. The second kappa shape index (κ2) is 9.19. The average Bonchev–Trinajstić information content (AvgIpc) is 3.82. The van der Waals surface area contributed by atoms with E-state index in [9.17, 15) is 0 Å². The first-order valence-corrected chi connectivity index (χ1v) is 15.6. The monoisotopic (exact) mass is 592 g/mol. The minimum atomic E-state index is 0.912. The third-order valence-corrected chi connectivity index (χ3v) is 9.46. The second-order valence-electron chi connectivity index (χ2n) is 12.1. The van der Waals surface area contributed by atoms with Crippen LogP contribution in [-0.4, -0.2) is 27.9 Å². The number of nitrogens with zero attached hydrogens (tertiary/aromatic N) is 6. The van der Waals surface area contributed by atoms with E-state index < -0.39 is 0 Å². The Morgan fingerprint density at radius 3 is 1.20 bits per heavy atom. The smallest absolute Gasteiger partial charge is 0.220 e. The second-order valence-corrected chi connectivity index (χ2v) is 12.1. The van der Waals surface area contributed by atoms with Crippen LogP contribution in [0.2, 0.25) is 0 Å². The SMILES string of the molecule is Cc1ccc(-n2c3ccccc3n3c4ccccc4nc23)cc1-c1cc(-n2c3ccccc3n3c4ccccc4nc23)ccc1C. The summed E-state index contributed by atoms with van der Waals surface area (Å²) in [6.07, 6.45) is 0. The maximum absolute atomic E-state index is 5.11. The van der Waals surface area contributed by atoms with Crippen LogP contribution in [0.3, 0.4) is 0 Å². The van der Waals surface area contributed by atoms with Crippen molar-refractivity contribution < 1.29 is 0 Å². The first kappa shape index (κ1) is 25.2. The predicted octanol–water partition coefficient (Wildman–Crippen LogP) is 9.46. The highest BCUT2D eigenvalue weighted by Gasteiger charge is 2.20. The summed E-state index contributed by atoms with van der Waals surface area (Å²) in [5, 5.41) is 0. The van der Waals surface area contributed by atoms with Gasteiger partial charge in [0.2, 0.25) is 11.6 Å². The third-order valence-electron chi connectivity index (χ3n) is 9.46. The van der Waals surface area contributed by atoms with Crippen LogP contribution < -0.4 is 0 Å². The molecule has 10 aromatic rings. The van der Waals surface area contributed by atoms with Gasteiger partial charge in [-0.25, -0.2) is 9.97 Å². The van der Waals surface area contributed by atoms with Gasteiger partial charge in [-0.2, -0.15) is 0 Å². The van der Waals surface area contributed by atoms with Gasteiger partial charge in [-0.1, -0.05) is 60.7 Å². The number of aryl methyl sites for hydroxylation is 2. The summed E-state index contributed by atoms with van der Waals surface area (Å²) in [4.78, 5) is 10.2. The first-order valence-electron chi connectivity index (χ1n) is 15.6. The van der Waals surface area contributed by atoms with Gasteiger partial charge in [-0.05, 0) is 109 Å². The van der Waals surface area contributed by atoms with Crippen molar-refractivity contribution in [2.75, 3.05) is 0 Å². The molecule has 0 amide bonds. The summed E-state index contributed by atoms with van der Waals surface area (Å²) in [7, 11) is 0. The third kappa shape index (κ3) is 3.35. The Hall–Kier alpha value is -6.14. The topological polar surface area (TPSA) is 44.5 Å². The van der Waals surface area contributed by atoms with Gasteiger partial charge in [0.05, 0.1) is 44.1 Å². The van der Waals surface area contributed by atoms with Crippen LogP contribution in [0.5, 0.6) is 0 Å². The normalized spacial score (nSPS) is 12.1. The van der Waals surface area contributed by atoms with Gasteiger partial charge in [0.1, 0.15) is 0 Å². The number of fused-ring (bicyclic) bond motifs is 10. The highest BCUT2D eigenvalue weighted by Crippen LogP contribution is 2.36. The number of para-hydroxylation sites is 8. The zero-order valence-corrected chi connectivity index (χ0v) is 25.4. The van der Waals surface area contributed by atoms with E-state index >= 15 is 0 Å². The molecule has 46 heavy (non-hydrogen) atoms. The van der Waals surface area contributed by atoms with E-state index in [2.05, 4.69) is 165 Å². The highest BCUT2D eigenvalue weighted by atomic mass is 15.2. The molecule has 4 heterocycles. The molecule has 0 spiro atoms. The number of hydrogen-bond donors (Lipinski definition) is 0. The van der Waals surface area contributed by atoms with Crippen molar-refractivity contribution in [2.24, 2.45) is 0 Å². The average molecular weight is 593 g/mol. The molecule has 0 saturated heterocycles. The summed E-state index contributed by atoms with van der Waals surface area (Å²) < 4.78 is 9.12. The molecule has 0 N–H and O–H groups in total. The minimum absolute atomic E-state index is 0.912. The Morgan fingerprint density at radius 1 is 0.391 bits per heavy atom. The lowest BCUT2D eigenvalue weighted by Crippen LogP contribution is -1.99. The van der Waals surface area contributed by atoms with E-state index in [4.69, 9.17) is 9.97 Å². The standard InChI is InChI=1S/C40H28N6/c1-25-19-21-27(43-35-15-7-9-17-37(35)45-33-13-5-3-11-31(33)41-39(43)45)23-29(25)30-24-28(22-20-26(30)2)44-36-16-8-10-18-38(36)46-34-14-6-4-12-32(34)42-40(44)46/h3-24H,1-2H3. The van der Waals surface area contributed by atoms with Crippen LogP contribution in [0.1, 0.15) is 11.1 Å². The molecule has 0 aliphatic rings. The number of rotatable bonds is 3. The molecular formula is C40H28N6. The van der Waals surface area contributed by atoms with Crippen molar-refractivity contribution in [2.45, 2.75) is 13.8 Å². The van der Waals surface area contributed by atoms with Crippen molar-refractivity contribution in [3.05, 3.63) is 145 Å². The highest BCUT2D eigenvalue weighted by molar-refractivity contribution is 5.94. The number of aromatic nitrogens is 6. The Bertz CT molecular complexity index is 2640. The molecule has 0 fully saturated rings. The first-order chi connectivity index (χ1) is 22.7. The summed E-state index contributed by atoms with van der Waals surface area (Å²) in [5.74, 6) is 1.82. The van der Waals surface area contributed by atoms with Crippen LogP contribution >= 0.6 is 0 Å². The van der Waals surface area contributed by atoms with Crippen LogP contribution in [0, 0.1) is 13.8 Å². The van der Waals surface area contributed by atoms with Crippen molar-refractivity contribution in [3.63, 3.8) is 0 Å². The molecule has 6 heteroatoms. The van der Waals surface area contributed by atoms with Gasteiger partial charge in [0.15, 0.2) is 0 Å². The summed E-state index contributed by atoms with van der Waals surface area (Å²) in [6.45, 7) is 4.39. The van der Waals surface area contributed by atoms with Gasteiger partial charge >= 0.3 is 0 Å². The maximum atomic E-state index is 5.11. The molecule has 0 radical (unpaired) electrons. The Balaban J connectivity index is 1.21. The Morgan fingerprint density at radius 2 is 0.761 bits per heavy atom. The van der Waals surface area contributed by atoms with E-state index in [0.29, 0.717) is 0 Å². The number of hydrogen-bond acceptors (Lipinski definition) is 2. The number of benzene rings is 6. The lowest BCUT2D eigenvalue weighted by Gasteiger charge is -2.15. The van der Waals surface area contributed by atoms with E-state index in [1.165, 1.54) is 22.3 Å². The van der Waals surface area contributed by atoms with Gasteiger partial charge in [0, 0.05) is 11.4 Å². The molecule has 218 valence electrons.